The van der Waals surface area contributed by atoms with Crippen molar-refractivity contribution in [1.29, 1.82) is 0 Å². The van der Waals surface area contributed by atoms with Crippen LogP contribution in [0.1, 0.15) is 19.5 Å². The highest BCUT2D eigenvalue weighted by molar-refractivity contribution is 7.25. The smallest absolute Gasteiger partial charge is 0.114 e. The van der Waals surface area contributed by atoms with Gasteiger partial charge in [0.1, 0.15) is 5.82 Å². The Morgan fingerprint density at radius 1 is 0.684 bits per heavy atom. The lowest BCUT2D eigenvalue weighted by Gasteiger charge is -2.19. The van der Waals surface area contributed by atoms with Gasteiger partial charge < -0.3 is 0 Å². The minimum absolute atomic E-state index is 0.136. The summed E-state index contributed by atoms with van der Waals surface area (Å²) < 4.78 is 46.1. The minimum atomic E-state index is -2.92. The number of thiophene rings is 1. The molecule has 8 aromatic rings. The normalized spacial score (nSPS) is 14.6. The summed E-state index contributed by atoms with van der Waals surface area (Å²) >= 11 is 1.79. The van der Waals surface area contributed by atoms with E-state index in [4.69, 9.17) is 6.85 Å². The quantitative estimate of drug-likeness (QED) is 0.217. The third-order valence-electron chi connectivity index (χ3n) is 7.46. The van der Waals surface area contributed by atoms with E-state index in [0.717, 1.165) is 32.7 Å². The van der Waals surface area contributed by atoms with Crippen LogP contribution in [0.3, 0.4) is 0 Å². The van der Waals surface area contributed by atoms with E-state index in [0.29, 0.717) is 16.7 Å². The third kappa shape index (κ3) is 3.03. The molecule has 38 heavy (non-hydrogen) atoms. The highest BCUT2D eigenvalue weighted by Gasteiger charge is 2.20. The number of hydrogen-bond donors (Lipinski definition) is 0. The maximum atomic E-state index is 8.78. The summed E-state index contributed by atoms with van der Waals surface area (Å²) in [5, 5.41) is 6.20. The SMILES string of the molecule is [2H]C([2H])([2H])C([2H])([2H])c1nc2ccccc2n1-c1c2ccccc2c(-c2ccc3sc4ccccc4c3c2)c2ccccc12. The van der Waals surface area contributed by atoms with Gasteiger partial charge in [-0.05, 0) is 52.2 Å². The maximum Gasteiger partial charge on any atom is 0.114 e. The molecule has 2 nitrogen and oxygen atoms in total. The number of aryl methyl sites for hydroxylation is 1. The molecule has 0 bridgehead atoms. The highest BCUT2D eigenvalue weighted by Crippen LogP contribution is 2.44. The molecule has 6 aromatic carbocycles. The van der Waals surface area contributed by atoms with Crippen molar-refractivity contribution in [3.63, 3.8) is 0 Å². The molecule has 0 spiro atoms. The van der Waals surface area contributed by atoms with Gasteiger partial charge in [0.25, 0.3) is 0 Å². The number of benzene rings is 6. The second-order valence-corrected chi connectivity index (χ2v) is 10.6. The van der Waals surface area contributed by atoms with Crippen LogP contribution in [0.5, 0.6) is 0 Å². The molecule has 0 aliphatic heterocycles. The Bertz CT molecular complexity index is 2330. The van der Waals surface area contributed by atoms with E-state index in [9.17, 15) is 0 Å². The summed E-state index contributed by atoms with van der Waals surface area (Å²) in [6.45, 7) is -2.92. The molecule has 2 aromatic heterocycles. The van der Waals surface area contributed by atoms with Crippen molar-refractivity contribution >= 4 is 64.1 Å². The predicted molar refractivity (Wildman–Crippen MR) is 164 cm³/mol. The molecule has 0 amide bonds. The van der Waals surface area contributed by atoms with Crippen molar-refractivity contribution in [1.82, 2.24) is 9.55 Å². The van der Waals surface area contributed by atoms with Crippen molar-refractivity contribution in [3.05, 3.63) is 121 Å². The van der Waals surface area contributed by atoms with E-state index in [2.05, 4.69) is 59.6 Å². The first kappa shape index (κ1) is 17.1. The summed E-state index contributed by atoms with van der Waals surface area (Å²) in [5.41, 5.74) is 4.08. The average Bonchev–Trinajstić information content (AvgIpc) is 3.58. The van der Waals surface area contributed by atoms with Crippen molar-refractivity contribution in [2.24, 2.45) is 0 Å². The summed E-state index contributed by atoms with van der Waals surface area (Å²) in [6, 6.07) is 38.7. The van der Waals surface area contributed by atoms with Gasteiger partial charge in [-0.2, -0.15) is 0 Å². The fourth-order valence-electron chi connectivity index (χ4n) is 5.88. The Morgan fingerprint density at radius 2 is 1.32 bits per heavy atom. The fourth-order valence-corrected chi connectivity index (χ4v) is 6.96. The highest BCUT2D eigenvalue weighted by atomic mass is 32.1. The van der Waals surface area contributed by atoms with Crippen molar-refractivity contribution in [2.75, 3.05) is 0 Å². The van der Waals surface area contributed by atoms with E-state index < -0.39 is 13.2 Å². The Balaban J connectivity index is 1.52. The van der Waals surface area contributed by atoms with Crippen LogP contribution in [0.15, 0.2) is 115 Å². The number of hydrogen-bond acceptors (Lipinski definition) is 2. The van der Waals surface area contributed by atoms with Crippen LogP contribution in [0.4, 0.5) is 0 Å². The van der Waals surface area contributed by atoms with Crippen molar-refractivity contribution < 1.29 is 6.85 Å². The number of fused-ring (bicyclic) bond motifs is 6. The Morgan fingerprint density at radius 3 is 2.08 bits per heavy atom. The van der Waals surface area contributed by atoms with Gasteiger partial charge in [0.15, 0.2) is 0 Å². The Kier molecular flexibility index (Phi) is 3.73. The van der Waals surface area contributed by atoms with Gasteiger partial charge in [0.2, 0.25) is 0 Å². The molecule has 0 atom stereocenters. The lowest BCUT2D eigenvalue weighted by Crippen LogP contribution is -2.03. The standard InChI is InChI=1S/C35H24N2S/c1-2-33-36-29-16-8-9-17-30(29)37(33)35-26-14-5-3-12-24(26)34(25-13-4-6-15-27(25)35)22-19-20-32-28(21-22)23-11-7-10-18-31(23)38-32/h3-21H,2H2,1H3/i1D3,2D2. The van der Waals surface area contributed by atoms with Gasteiger partial charge in [0, 0.05) is 44.2 Å². The largest absolute Gasteiger partial charge is 0.295 e. The molecule has 0 unspecified atom stereocenters. The molecule has 0 fully saturated rings. The van der Waals surface area contributed by atoms with Crippen molar-refractivity contribution in [3.8, 4) is 16.8 Å². The summed E-state index contributed by atoms with van der Waals surface area (Å²) in [6.07, 6.45) is -2.70. The number of aromatic nitrogens is 2. The van der Waals surface area contributed by atoms with E-state index in [1.165, 1.54) is 20.2 Å². The molecule has 0 saturated heterocycles. The number of nitrogens with zero attached hydrogens (tertiary/aromatic N) is 2. The van der Waals surface area contributed by atoms with Crippen molar-refractivity contribution in [2.45, 2.75) is 13.2 Å². The first-order chi connectivity index (χ1) is 20.7. The molecule has 8 rings (SSSR count). The topological polar surface area (TPSA) is 17.8 Å². The second-order valence-electron chi connectivity index (χ2n) is 9.51. The molecular formula is C35H24N2S. The van der Waals surface area contributed by atoms with Crippen LogP contribution in [0, 0.1) is 0 Å². The zero-order chi connectivity index (χ0) is 29.5. The molecular weight excluding hydrogens is 480 g/mol. The molecule has 0 aliphatic rings. The van der Waals surface area contributed by atoms with Crippen LogP contribution < -0.4 is 0 Å². The van der Waals surface area contributed by atoms with E-state index in [-0.39, 0.29) is 5.82 Å². The average molecular weight is 510 g/mol. The van der Waals surface area contributed by atoms with Gasteiger partial charge in [-0.1, -0.05) is 91.8 Å². The maximum absolute atomic E-state index is 8.78. The lowest BCUT2D eigenvalue weighted by molar-refractivity contribution is 0.917. The number of imidazole rings is 1. The van der Waals surface area contributed by atoms with Gasteiger partial charge in [0.05, 0.1) is 16.7 Å². The molecule has 0 aliphatic carbocycles. The zero-order valence-electron chi connectivity index (χ0n) is 25.3. The van der Waals surface area contributed by atoms with Gasteiger partial charge in [-0.3, -0.25) is 4.57 Å². The van der Waals surface area contributed by atoms with E-state index >= 15 is 0 Å². The first-order valence-electron chi connectivity index (χ1n) is 15.1. The van der Waals surface area contributed by atoms with Gasteiger partial charge >= 0.3 is 0 Å². The monoisotopic (exact) mass is 509 g/mol. The molecule has 3 heteroatoms. The van der Waals surface area contributed by atoms with E-state index in [1.807, 2.05) is 54.6 Å². The minimum Gasteiger partial charge on any atom is -0.295 e. The summed E-state index contributed by atoms with van der Waals surface area (Å²) in [7, 11) is 0. The van der Waals surface area contributed by atoms with Crippen LogP contribution in [-0.4, -0.2) is 9.55 Å². The zero-order valence-corrected chi connectivity index (χ0v) is 21.1. The van der Waals surface area contributed by atoms with Crippen LogP contribution >= 0.6 is 11.3 Å². The fraction of sp³-hybridized carbons (Fsp3) is 0.0571. The van der Waals surface area contributed by atoms with Crippen LogP contribution in [-0.2, 0) is 6.37 Å². The van der Waals surface area contributed by atoms with Gasteiger partial charge in [-0.15, -0.1) is 11.3 Å². The lowest BCUT2D eigenvalue weighted by atomic mass is 9.90. The number of para-hydroxylation sites is 2. The Hall–Kier alpha value is -4.47. The van der Waals surface area contributed by atoms with Crippen LogP contribution in [0.2, 0.25) is 0 Å². The first-order valence-corrected chi connectivity index (χ1v) is 13.4. The predicted octanol–water partition coefficient (Wildman–Crippen LogP) is 9.93. The number of rotatable bonds is 3. The molecule has 0 saturated carbocycles. The summed E-state index contributed by atoms with van der Waals surface area (Å²) in [4.78, 5) is 4.61. The second kappa shape index (κ2) is 8.27. The van der Waals surface area contributed by atoms with E-state index in [1.54, 1.807) is 22.0 Å². The molecule has 0 N–H and O–H groups in total. The van der Waals surface area contributed by atoms with Gasteiger partial charge in [-0.25, -0.2) is 4.98 Å². The Labute approximate surface area is 231 Å². The molecule has 2 heterocycles. The third-order valence-corrected chi connectivity index (χ3v) is 8.62. The molecule has 0 radical (unpaired) electrons. The summed E-state index contributed by atoms with van der Waals surface area (Å²) in [5.74, 6) is -0.136. The molecule has 180 valence electrons. The van der Waals surface area contributed by atoms with Crippen LogP contribution in [0.25, 0.3) is 69.6 Å².